The molecular weight excluding hydrogens is 266 g/mol. The molecule has 5 heteroatoms. The number of benzene rings is 1. The van der Waals surface area contributed by atoms with Gasteiger partial charge in [0.05, 0.1) is 7.11 Å². The Balaban J connectivity index is 1.89. The lowest BCUT2D eigenvalue weighted by Gasteiger charge is -2.33. The van der Waals surface area contributed by atoms with E-state index in [0.29, 0.717) is 6.04 Å². The molecule has 1 atom stereocenters. The third-order valence-electron chi connectivity index (χ3n) is 3.71. The standard InChI is InChI=1S/C16H25N3O2/c1-3-9-17-14-7-5-10-19(12-14)16(20)18-13-6-4-8-15(11-13)21-2/h4,6,8,11,14,17H,3,5,7,9-10,12H2,1-2H3,(H,18,20). The van der Waals surface area contributed by atoms with Crippen LogP contribution >= 0.6 is 0 Å². The van der Waals surface area contributed by atoms with Crippen LogP contribution in [0.4, 0.5) is 10.5 Å². The van der Waals surface area contributed by atoms with Crippen molar-refractivity contribution in [3.8, 4) is 5.75 Å². The fourth-order valence-electron chi connectivity index (χ4n) is 2.58. The molecule has 0 radical (unpaired) electrons. The van der Waals surface area contributed by atoms with E-state index in [-0.39, 0.29) is 6.03 Å². The minimum atomic E-state index is -0.0359. The number of piperidine rings is 1. The Morgan fingerprint density at radius 2 is 2.33 bits per heavy atom. The quantitative estimate of drug-likeness (QED) is 0.877. The average Bonchev–Trinajstić information content (AvgIpc) is 2.53. The summed E-state index contributed by atoms with van der Waals surface area (Å²) < 4.78 is 5.17. The Hall–Kier alpha value is -1.75. The van der Waals surface area contributed by atoms with Crippen molar-refractivity contribution in [1.82, 2.24) is 10.2 Å². The Morgan fingerprint density at radius 3 is 3.10 bits per heavy atom. The number of anilines is 1. The van der Waals surface area contributed by atoms with Crippen LogP contribution in [0.15, 0.2) is 24.3 Å². The lowest BCUT2D eigenvalue weighted by molar-refractivity contribution is 0.185. The molecule has 2 rings (SSSR count). The van der Waals surface area contributed by atoms with Crippen molar-refractivity contribution in [3.63, 3.8) is 0 Å². The molecule has 0 aliphatic carbocycles. The van der Waals surface area contributed by atoms with Crippen molar-refractivity contribution < 1.29 is 9.53 Å². The Morgan fingerprint density at radius 1 is 1.48 bits per heavy atom. The fourth-order valence-corrected chi connectivity index (χ4v) is 2.58. The summed E-state index contributed by atoms with van der Waals surface area (Å²) in [5.74, 6) is 0.744. The molecule has 0 saturated carbocycles. The molecule has 1 heterocycles. The maximum Gasteiger partial charge on any atom is 0.321 e. The number of rotatable bonds is 5. The zero-order valence-electron chi connectivity index (χ0n) is 12.9. The van der Waals surface area contributed by atoms with Gasteiger partial charge < -0.3 is 20.3 Å². The van der Waals surface area contributed by atoms with Crippen molar-refractivity contribution in [3.05, 3.63) is 24.3 Å². The third kappa shape index (κ3) is 4.63. The summed E-state index contributed by atoms with van der Waals surface area (Å²) >= 11 is 0. The number of amides is 2. The molecule has 0 bridgehead atoms. The molecule has 1 aliphatic heterocycles. The molecule has 1 unspecified atom stereocenters. The van der Waals surface area contributed by atoms with Crippen LogP contribution in [0, 0.1) is 0 Å². The van der Waals surface area contributed by atoms with Crippen LogP contribution in [0.25, 0.3) is 0 Å². The summed E-state index contributed by atoms with van der Waals surface area (Å²) in [5.41, 5.74) is 0.767. The number of hydrogen-bond donors (Lipinski definition) is 2. The predicted octanol–water partition coefficient (Wildman–Crippen LogP) is 2.69. The average molecular weight is 291 g/mol. The van der Waals surface area contributed by atoms with E-state index in [0.717, 1.165) is 50.3 Å². The normalized spacial score (nSPS) is 18.4. The van der Waals surface area contributed by atoms with E-state index in [1.807, 2.05) is 29.2 Å². The van der Waals surface area contributed by atoms with Crippen LogP contribution in [-0.4, -0.2) is 43.7 Å². The van der Waals surface area contributed by atoms with Gasteiger partial charge in [-0.15, -0.1) is 0 Å². The van der Waals surface area contributed by atoms with Crippen molar-refractivity contribution >= 4 is 11.7 Å². The lowest BCUT2D eigenvalue weighted by Crippen LogP contribution is -2.49. The molecule has 1 aromatic rings. The highest BCUT2D eigenvalue weighted by atomic mass is 16.5. The van der Waals surface area contributed by atoms with Crippen molar-refractivity contribution in [2.45, 2.75) is 32.2 Å². The second kappa shape index (κ2) is 7.88. The van der Waals surface area contributed by atoms with Crippen molar-refractivity contribution in [2.75, 3.05) is 32.1 Å². The predicted molar refractivity (Wildman–Crippen MR) is 84.9 cm³/mol. The molecule has 2 N–H and O–H groups in total. The van der Waals surface area contributed by atoms with Gasteiger partial charge in [0.2, 0.25) is 0 Å². The summed E-state index contributed by atoms with van der Waals surface area (Å²) in [6.45, 7) is 4.76. The highest BCUT2D eigenvalue weighted by molar-refractivity contribution is 5.89. The summed E-state index contributed by atoms with van der Waals surface area (Å²) in [4.78, 5) is 14.2. The number of likely N-dealkylation sites (tertiary alicyclic amines) is 1. The third-order valence-corrected chi connectivity index (χ3v) is 3.71. The van der Waals surface area contributed by atoms with Gasteiger partial charge in [-0.1, -0.05) is 13.0 Å². The first-order valence-electron chi connectivity index (χ1n) is 7.66. The van der Waals surface area contributed by atoms with Crippen molar-refractivity contribution in [1.29, 1.82) is 0 Å². The van der Waals surface area contributed by atoms with E-state index in [4.69, 9.17) is 4.74 Å². The summed E-state index contributed by atoms with van der Waals surface area (Å²) in [5, 5.41) is 6.44. The highest BCUT2D eigenvalue weighted by Gasteiger charge is 2.23. The number of ether oxygens (including phenoxy) is 1. The number of methoxy groups -OCH3 is 1. The SMILES string of the molecule is CCCNC1CCCN(C(=O)Nc2cccc(OC)c2)C1. The monoisotopic (exact) mass is 291 g/mol. The van der Waals surface area contributed by atoms with Gasteiger partial charge in [-0.05, 0) is 37.9 Å². The first kappa shape index (κ1) is 15.6. The Labute approximate surface area is 126 Å². The van der Waals surface area contributed by atoms with Gasteiger partial charge in [-0.2, -0.15) is 0 Å². The number of nitrogens with zero attached hydrogens (tertiary/aromatic N) is 1. The Bertz CT molecular complexity index is 465. The van der Waals surface area contributed by atoms with E-state index < -0.39 is 0 Å². The first-order chi connectivity index (χ1) is 10.2. The van der Waals surface area contributed by atoms with Gasteiger partial charge in [0, 0.05) is 30.9 Å². The molecule has 2 amide bonds. The zero-order chi connectivity index (χ0) is 15.1. The van der Waals surface area contributed by atoms with E-state index in [1.165, 1.54) is 0 Å². The van der Waals surface area contributed by atoms with Gasteiger partial charge in [0.1, 0.15) is 5.75 Å². The zero-order valence-corrected chi connectivity index (χ0v) is 12.9. The summed E-state index contributed by atoms with van der Waals surface area (Å²) in [6, 6.07) is 7.81. The topological polar surface area (TPSA) is 53.6 Å². The minimum absolute atomic E-state index is 0.0359. The molecule has 1 aliphatic rings. The largest absolute Gasteiger partial charge is 0.497 e. The van der Waals surface area contributed by atoms with Gasteiger partial charge in [0.25, 0.3) is 0 Å². The molecule has 1 aromatic carbocycles. The maximum absolute atomic E-state index is 12.3. The number of urea groups is 1. The minimum Gasteiger partial charge on any atom is -0.497 e. The lowest BCUT2D eigenvalue weighted by atomic mass is 10.1. The van der Waals surface area contributed by atoms with Crippen LogP contribution in [0.2, 0.25) is 0 Å². The number of nitrogens with one attached hydrogen (secondary N) is 2. The van der Waals surface area contributed by atoms with Crippen LogP contribution in [0.5, 0.6) is 5.75 Å². The molecule has 1 fully saturated rings. The van der Waals surface area contributed by atoms with E-state index in [2.05, 4.69) is 17.6 Å². The van der Waals surface area contributed by atoms with Crippen LogP contribution in [-0.2, 0) is 0 Å². The van der Waals surface area contributed by atoms with E-state index in [9.17, 15) is 4.79 Å². The second-order valence-corrected chi connectivity index (χ2v) is 5.40. The van der Waals surface area contributed by atoms with Gasteiger partial charge in [-0.25, -0.2) is 4.79 Å². The molecule has 1 saturated heterocycles. The molecule has 116 valence electrons. The maximum atomic E-state index is 12.3. The number of carbonyl (C=O) groups excluding carboxylic acids is 1. The van der Waals surface area contributed by atoms with Crippen molar-refractivity contribution in [2.24, 2.45) is 0 Å². The fraction of sp³-hybridized carbons (Fsp3) is 0.562. The molecule has 0 aromatic heterocycles. The van der Waals surface area contributed by atoms with Gasteiger partial charge >= 0.3 is 6.03 Å². The Kier molecular flexibility index (Phi) is 5.87. The van der Waals surface area contributed by atoms with Gasteiger partial charge in [0.15, 0.2) is 0 Å². The molecular formula is C16H25N3O2. The molecule has 5 nitrogen and oxygen atoms in total. The smallest absolute Gasteiger partial charge is 0.321 e. The van der Waals surface area contributed by atoms with E-state index >= 15 is 0 Å². The van der Waals surface area contributed by atoms with Crippen LogP contribution in [0.1, 0.15) is 26.2 Å². The first-order valence-corrected chi connectivity index (χ1v) is 7.66. The number of carbonyl (C=O) groups is 1. The van der Waals surface area contributed by atoms with E-state index in [1.54, 1.807) is 7.11 Å². The summed E-state index contributed by atoms with van der Waals surface area (Å²) in [7, 11) is 1.62. The van der Waals surface area contributed by atoms with Crippen LogP contribution in [0.3, 0.4) is 0 Å². The van der Waals surface area contributed by atoms with Gasteiger partial charge in [-0.3, -0.25) is 0 Å². The summed E-state index contributed by atoms with van der Waals surface area (Å²) in [6.07, 6.45) is 3.31. The molecule has 21 heavy (non-hydrogen) atoms. The van der Waals surface area contributed by atoms with Crippen LogP contribution < -0.4 is 15.4 Å². The number of hydrogen-bond acceptors (Lipinski definition) is 3. The second-order valence-electron chi connectivity index (χ2n) is 5.40. The highest BCUT2D eigenvalue weighted by Crippen LogP contribution is 2.18. The molecule has 0 spiro atoms.